The molecular formula is C16H14BrNS2. The molecule has 102 valence electrons. The summed E-state index contributed by atoms with van der Waals surface area (Å²) in [6, 6.07) is 12.9. The van der Waals surface area contributed by atoms with Crippen LogP contribution in [-0.2, 0) is 6.54 Å². The molecule has 0 saturated carbocycles. The van der Waals surface area contributed by atoms with Gasteiger partial charge in [0.25, 0.3) is 0 Å². The molecule has 0 aliphatic carbocycles. The number of nitrogens with one attached hydrogen (secondary N) is 1. The predicted molar refractivity (Wildman–Crippen MR) is 93.8 cm³/mol. The molecule has 0 spiro atoms. The minimum atomic E-state index is 0.867. The molecule has 20 heavy (non-hydrogen) atoms. The van der Waals surface area contributed by atoms with Gasteiger partial charge in [0.2, 0.25) is 0 Å². The standard InChI is InChI=1S/C16H14BrNS2/c1-11-4-5-13(8-15(11)17)18-9-14-7-12(10-20-14)16-3-2-6-19-16/h2-8,10,18H,9H2,1H3. The zero-order chi connectivity index (χ0) is 13.9. The lowest BCUT2D eigenvalue weighted by molar-refractivity contribution is 1.19. The number of hydrogen-bond acceptors (Lipinski definition) is 3. The van der Waals surface area contributed by atoms with Gasteiger partial charge in [0, 0.05) is 32.0 Å². The van der Waals surface area contributed by atoms with E-state index in [0.717, 1.165) is 16.7 Å². The van der Waals surface area contributed by atoms with Gasteiger partial charge < -0.3 is 5.32 Å². The molecule has 0 aliphatic rings. The van der Waals surface area contributed by atoms with Crippen LogP contribution in [0.1, 0.15) is 10.4 Å². The highest BCUT2D eigenvalue weighted by Crippen LogP contribution is 2.29. The Morgan fingerprint density at radius 1 is 1.15 bits per heavy atom. The molecule has 0 radical (unpaired) electrons. The number of aryl methyl sites for hydroxylation is 1. The van der Waals surface area contributed by atoms with Crippen LogP contribution in [0.3, 0.4) is 0 Å². The highest BCUT2D eigenvalue weighted by molar-refractivity contribution is 9.10. The lowest BCUT2D eigenvalue weighted by Gasteiger charge is -2.06. The zero-order valence-corrected chi connectivity index (χ0v) is 14.2. The Hall–Kier alpha value is -1.10. The summed E-state index contributed by atoms with van der Waals surface area (Å²) in [5, 5.41) is 7.82. The van der Waals surface area contributed by atoms with Gasteiger partial charge in [0.1, 0.15) is 0 Å². The van der Waals surface area contributed by atoms with Crippen molar-refractivity contribution in [1.29, 1.82) is 0 Å². The van der Waals surface area contributed by atoms with Gasteiger partial charge in [-0.15, -0.1) is 22.7 Å². The van der Waals surface area contributed by atoms with Crippen molar-refractivity contribution in [2.75, 3.05) is 5.32 Å². The van der Waals surface area contributed by atoms with Gasteiger partial charge in [0.15, 0.2) is 0 Å². The molecular weight excluding hydrogens is 350 g/mol. The minimum Gasteiger partial charge on any atom is -0.380 e. The molecule has 0 aliphatic heterocycles. The Morgan fingerprint density at radius 2 is 2.05 bits per heavy atom. The maximum absolute atomic E-state index is 3.57. The van der Waals surface area contributed by atoms with Gasteiger partial charge >= 0.3 is 0 Å². The van der Waals surface area contributed by atoms with Crippen LogP contribution in [0.2, 0.25) is 0 Å². The van der Waals surface area contributed by atoms with Crippen LogP contribution in [0.4, 0.5) is 5.69 Å². The van der Waals surface area contributed by atoms with Crippen molar-refractivity contribution in [3.05, 3.63) is 62.1 Å². The van der Waals surface area contributed by atoms with E-state index in [2.05, 4.69) is 75.3 Å². The maximum atomic E-state index is 3.57. The Bertz CT molecular complexity index is 701. The van der Waals surface area contributed by atoms with Crippen molar-refractivity contribution in [3.8, 4) is 10.4 Å². The van der Waals surface area contributed by atoms with Crippen molar-refractivity contribution in [2.45, 2.75) is 13.5 Å². The van der Waals surface area contributed by atoms with E-state index in [9.17, 15) is 0 Å². The van der Waals surface area contributed by atoms with E-state index >= 15 is 0 Å². The number of benzene rings is 1. The largest absolute Gasteiger partial charge is 0.380 e. The topological polar surface area (TPSA) is 12.0 Å². The summed E-state index contributed by atoms with van der Waals surface area (Å²) in [5.74, 6) is 0. The summed E-state index contributed by atoms with van der Waals surface area (Å²) in [5.41, 5.74) is 3.73. The van der Waals surface area contributed by atoms with Crippen LogP contribution in [0.25, 0.3) is 10.4 Å². The van der Waals surface area contributed by atoms with E-state index in [0.29, 0.717) is 0 Å². The molecule has 3 aromatic rings. The van der Waals surface area contributed by atoms with Gasteiger partial charge in [0.05, 0.1) is 0 Å². The summed E-state index contributed by atoms with van der Waals surface area (Å²) in [6.45, 7) is 2.96. The number of halogens is 1. The second-order valence-corrected chi connectivity index (χ2v) is 7.39. The molecule has 1 nitrogen and oxygen atoms in total. The lowest BCUT2D eigenvalue weighted by atomic mass is 10.2. The van der Waals surface area contributed by atoms with Gasteiger partial charge in [-0.05, 0) is 47.5 Å². The second kappa shape index (κ2) is 6.12. The number of hydrogen-bond donors (Lipinski definition) is 1. The fourth-order valence-electron chi connectivity index (χ4n) is 1.94. The Morgan fingerprint density at radius 3 is 2.80 bits per heavy atom. The Kier molecular flexibility index (Phi) is 4.24. The van der Waals surface area contributed by atoms with Gasteiger partial charge in [-0.3, -0.25) is 0 Å². The SMILES string of the molecule is Cc1ccc(NCc2cc(-c3cccs3)cs2)cc1Br. The number of rotatable bonds is 4. The van der Waals surface area contributed by atoms with E-state index in [4.69, 9.17) is 0 Å². The monoisotopic (exact) mass is 363 g/mol. The molecule has 0 saturated heterocycles. The molecule has 0 unspecified atom stereocenters. The highest BCUT2D eigenvalue weighted by atomic mass is 79.9. The zero-order valence-electron chi connectivity index (χ0n) is 11.0. The van der Waals surface area contributed by atoms with Crippen LogP contribution in [0, 0.1) is 6.92 Å². The first kappa shape index (κ1) is 13.9. The van der Waals surface area contributed by atoms with Crippen molar-refractivity contribution < 1.29 is 0 Å². The maximum Gasteiger partial charge on any atom is 0.0494 e. The molecule has 2 heterocycles. The Labute approximate surface area is 135 Å². The number of anilines is 1. The van der Waals surface area contributed by atoms with Gasteiger partial charge in [-0.25, -0.2) is 0 Å². The summed E-state index contributed by atoms with van der Waals surface area (Å²) in [7, 11) is 0. The summed E-state index contributed by atoms with van der Waals surface area (Å²) >= 11 is 7.16. The molecule has 1 N–H and O–H groups in total. The molecule has 0 bridgehead atoms. The fraction of sp³-hybridized carbons (Fsp3) is 0.125. The van der Waals surface area contributed by atoms with Crippen LogP contribution in [0.5, 0.6) is 0 Å². The Balaban J connectivity index is 1.68. The van der Waals surface area contributed by atoms with Crippen molar-refractivity contribution >= 4 is 44.3 Å². The highest BCUT2D eigenvalue weighted by Gasteiger charge is 2.04. The van der Waals surface area contributed by atoms with E-state index < -0.39 is 0 Å². The first-order chi connectivity index (χ1) is 9.72. The average Bonchev–Trinajstić information content (AvgIpc) is 3.09. The van der Waals surface area contributed by atoms with Crippen LogP contribution in [0.15, 0.2) is 51.6 Å². The summed E-state index contributed by atoms with van der Waals surface area (Å²) < 4.78 is 1.15. The normalized spacial score (nSPS) is 10.7. The van der Waals surface area contributed by atoms with E-state index in [1.54, 1.807) is 22.7 Å². The molecule has 1 aromatic carbocycles. The molecule has 4 heteroatoms. The van der Waals surface area contributed by atoms with Crippen molar-refractivity contribution in [3.63, 3.8) is 0 Å². The van der Waals surface area contributed by atoms with Crippen LogP contribution in [-0.4, -0.2) is 0 Å². The first-order valence-corrected chi connectivity index (χ1v) is 8.89. The van der Waals surface area contributed by atoms with Gasteiger partial charge in [-0.2, -0.15) is 0 Å². The van der Waals surface area contributed by atoms with E-state index in [-0.39, 0.29) is 0 Å². The third-order valence-corrected chi connectivity index (χ3v) is 5.81. The summed E-state index contributed by atoms with van der Waals surface area (Å²) in [4.78, 5) is 2.69. The third kappa shape index (κ3) is 3.14. The van der Waals surface area contributed by atoms with Crippen LogP contribution < -0.4 is 5.32 Å². The molecule has 0 amide bonds. The molecule has 0 atom stereocenters. The van der Waals surface area contributed by atoms with Crippen molar-refractivity contribution in [2.24, 2.45) is 0 Å². The fourth-order valence-corrected chi connectivity index (χ4v) is 3.93. The average molecular weight is 364 g/mol. The lowest BCUT2D eigenvalue weighted by Crippen LogP contribution is -1.97. The van der Waals surface area contributed by atoms with Crippen molar-refractivity contribution in [1.82, 2.24) is 0 Å². The molecule has 0 fully saturated rings. The molecule has 2 aromatic heterocycles. The number of thiophene rings is 2. The molecule has 3 rings (SSSR count). The minimum absolute atomic E-state index is 0.867. The second-order valence-electron chi connectivity index (χ2n) is 4.60. The van der Waals surface area contributed by atoms with E-state index in [1.165, 1.54) is 20.9 Å². The third-order valence-electron chi connectivity index (χ3n) is 3.10. The van der Waals surface area contributed by atoms with Crippen LogP contribution >= 0.6 is 38.6 Å². The first-order valence-electron chi connectivity index (χ1n) is 6.34. The predicted octanol–water partition coefficient (Wildman–Crippen LogP) is 6.16. The quantitative estimate of drug-likeness (QED) is 0.585. The van der Waals surface area contributed by atoms with E-state index in [1.807, 2.05) is 0 Å². The summed E-state index contributed by atoms with van der Waals surface area (Å²) in [6.07, 6.45) is 0. The smallest absolute Gasteiger partial charge is 0.0494 e. The van der Waals surface area contributed by atoms with Gasteiger partial charge in [-0.1, -0.05) is 28.1 Å².